The standard InChI is InChI=1S/C12H12BrFO2/c1-16-11(15)12(5-2-6-12)9-7-8(13)3-4-10(9)14/h3-4,7H,2,5-6H2,1H3. The number of halogens is 2. The third-order valence-corrected chi connectivity index (χ3v) is 3.72. The maximum Gasteiger partial charge on any atom is 0.316 e. The van der Waals surface area contributed by atoms with Crippen LogP contribution < -0.4 is 0 Å². The van der Waals surface area contributed by atoms with Crippen molar-refractivity contribution in [3.8, 4) is 0 Å². The van der Waals surface area contributed by atoms with Gasteiger partial charge in [-0.3, -0.25) is 4.79 Å². The largest absolute Gasteiger partial charge is 0.468 e. The molecular formula is C12H12BrFO2. The second-order valence-corrected chi connectivity index (χ2v) is 4.97. The number of hydrogen-bond donors (Lipinski definition) is 0. The van der Waals surface area contributed by atoms with Crippen LogP contribution in [-0.2, 0) is 14.9 Å². The summed E-state index contributed by atoms with van der Waals surface area (Å²) < 4.78 is 19.3. The Hall–Kier alpha value is -0.900. The summed E-state index contributed by atoms with van der Waals surface area (Å²) in [5.74, 6) is -0.677. The van der Waals surface area contributed by atoms with E-state index in [1.807, 2.05) is 0 Å². The van der Waals surface area contributed by atoms with Gasteiger partial charge in [-0.2, -0.15) is 0 Å². The lowest BCUT2D eigenvalue weighted by Crippen LogP contribution is -2.44. The SMILES string of the molecule is COC(=O)C1(c2cc(Br)ccc2F)CCC1. The van der Waals surface area contributed by atoms with Crippen LogP contribution in [0.5, 0.6) is 0 Å². The van der Waals surface area contributed by atoms with Crippen LogP contribution >= 0.6 is 15.9 Å². The number of carbonyl (C=O) groups is 1. The van der Waals surface area contributed by atoms with Gasteiger partial charge in [0.05, 0.1) is 12.5 Å². The van der Waals surface area contributed by atoms with Crippen molar-refractivity contribution in [3.05, 3.63) is 34.1 Å². The lowest BCUT2D eigenvalue weighted by Gasteiger charge is -2.39. The Bertz CT molecular complexity index is 427. The summed E-state index contributed by atoms with van der Waals surface area (Å²) in [7, 11) is 1.35. The summed E-state index contributed by atoms with van der Waals surface area (Å²) in [6.45, 7) is 0. The quantitative estimate of drug-likeness (QED) is 0.781. The van der Waals surface area contributed by atoms with Crippen LogP contribution in [0.15, 0.2) is 22.7 Å². The Labute approximate surface area is 102 Å². The van der Waals surface area contributed by atoms with Crippen LogP contribution in [0.4, 0.5) is 4.39 Å². The van der Waals surface area contributed by atoms with Gasteiger partial charge in [0, 0.05) is 10.0 Å². The first kappa shape index (κ1) is 11.6. The lowest BCUT2D eigenvalue weighted by atomic mass is 9.64. The van der Waals surface area contributed by atoms with Crippen molar-refractivity contribution < 1.29 is 13.9 Å². The van der Waals surface area contributed by atoms with E-state index in [4.69, 9.17) is 4.74 Å². The molecule has 0 atom stereocenters. The Balaban J connectivity index is 2.48. The molecule has 0 saturated heterocycles. The van der Waals surface area contributed by atoms with Gasteiger partial charge in [0.25, 0.3) is 0 Å². The second-order valence-electron chi connectivity index (χ2n) is 4.05. The first-order valence-electron chi connectivity index (χ1n) is 5.14. The molecule has 1 aliphatic carbocycles. The molecule has 0 radical (unpaired) electrons. The molecule has 0 unspecified atom stereocenters. The molecule has 0 bridgehead atoms. The zero-order valence-corrected chi connectivity index (χ0v) is 10.5. The Morgan fingerprint density at radius 1 is 1.50 bits per heavy atom. The summed E-state index contributed by atoms with van der Waals surface area (Å²) in [5, 5.41) is 0. The molecule has 0 amide bonds. The monoisotopic (exact) mass is 286 g/mol. The topological polar surface area (TPSA) is 26.3 Å². The van der Waals surface area contributed by atoms with Gasteiger partial charge in [0.2, 0.25) is 0 Å². The zero-order valence-electron chi connectivity index (χ0n) is 8.93. The molecule has 1 fully saturated rings. The predicted molar refractivity (Wildman–Crippen MR) is 61.6 cm³/mol. The maximum atomic E-state index is 13.8. The molecule has 1 saturated carbocycles. The molecule has 2 nitrogen and oxygen atoms in total. The van der Waals surface area contributed by atoms with Crippen LogP contribution in [-0.4, -0.2) is 13.1 Å². The van der Waals surface area contributed by atoms with E-state index in [1.54, 1.807) is 12.1 Å². The summed E-state index contributed by atoms with van der Waals surface area (Å²) >= 11 is 3.29. The summed E-state index contributed by atoms with van der Waals surface area (Å²) in [5.41, 5.74) is -0.317. The van der Waals surface area contributed by atoms with E-state index in [0.717, 1.165) is 10.9 Å². The van der Waals surface area contributed by atoms with Crippen molar-refractivity contribution in [2.24, 2.45) is 0 Å². The van der Waals surface area contributed by atoms with Crippen molar-refractivity contribution in [1.82, 2.24) is 0 Å². The minimum absolute atomic E-state index is 0.337. The highest BCUT2D eigenvalue weighted by Gasteiger charge is 2.48. The molecule has 16 heavy (non-hydrogen) atoms. The van der Waals surface area contributed by atoms with E-state index < -0.39 is 5.41 Å². The van der Waals surface area contributed by atoms with Crippen molar-refractivity contribution in [1.29, 1.82) is 0 Å². The zero-order chi connectivity index (χ0) is 11.8. The summed E-state index contributed by atoms with van der Waals surface area (Å²) in [6, 6.07) is 4.68. The fourth-order valence-corrected chi connectivity index (χ4v) is 2.53. The van der Waals surface area contributed by atoms with Gasteiger partial charge in [-0.25, -0.2) is 4.39 Å². The average Bonchev–Trinajstić information content (AvgIpc) is 2.21. The van der Waals surface area contributed by atoms with Gasteiger partial charge in [-0.1, -0.05) is 22.4 Å². The van der Waals surface area contributed by atoms with Gasteiger partial charge >= 0.3 is 5.97 Å². The molecule has 4 heteroatoms. The molecule has 0 spiro atoms. The van der Waals surface area contributed by atoms with Gasteiger partial charge in [-0.15, -0.1) is 0 Å². The third-order valence-electron chi connectivity index (χ3n) is 3.23. The maximum absolute atomic E-state index is 13.8. The summed E-state index contributed by atoms with van der Waals surface area (Å²) in [4.78, 5) is 11.8. The summed E-state index contributed by atoms with van der Waals surface area (Å²) in [6.07, 6.45) is 2.25. The number of hydrogen-bond acceptors (Lipinski definition) is 2. The normalized spacial score (nSPS) is 17.7. The lowest BCUT2D eigenvalue weighted by molar-refractivity contribution is -0.151. The number of methoxy groups -OCH3 is 1. The number of ether oxygens (including phenoxy) is 1. The Morgan fingerprint density at radius 2 is 2.19 bits per heavy atom. The second kappa shape index (κ2) is 4.17. The molecule has 0 N–H and O–H groups in total. The van der Waals surface area contributed by atoms with Crippen molar-refractivity contribution in [2.75, 3.05) is 7.11 Å². The van der Waals surface area contributed by atoms with E-state index in [1.165, 1.54) is 13.2 Å². The van der Waals surface area contributed by atoms with Crippen LogP contribution in [0.3, 0.4) is 0 Å². The van der Waals surface area contributed by atoms with E-state index in [0.29, 0.717) is 18.4 Å². The molecule has 86 valence electrons. The smallest absolute Gasteiger partial charge is 0.316 e. The van der Waals surface area contributed by atoms with Crippen LogP contribution in [0.1, 0.15) is 24.8 Å². The highest BCUT2D eigenvalue weighted by Crippen LogP contribution is 2.46. The Morgan fingerprint density at radius 3 is 2.69 bits per heavy atom. The van der Waals surface area contributed by atoms with Crippen molar-refractivity contribution in [2.45, 2.75) is 24.7 Å². The minimum atomic E-state index is -0.761. The molecule has 1 aromatic rings. The molecular weight excluding hydrogens is 275 g/mol. The fourth-order valence-electron chi connectivity index (χ4n) is 2.17. The van der Waals surface area contributed by atoms with E-state index in [-0.39, 0.29) is 11.8 Å². The van der Waals surface area contributed by atoms with Crippen molar-refractivity contribution in [3.63, 3.8) is 0 Å². The minimum Gasteiger partial charge on any atom is -0.468 e. The molecule has 1 aromatic carbocycles. The third kappa shape index (κ3) is 1.65. The fraction of sp³-hybridized carbons (Fsp3) is 0.417. The molecule has 0 aromatic heterocycles. The van der Waals surface area contributed by atoms with Crippen LogP contribution in [0, 0.1) is 5.82 Å². The van der Waals surface area contributed by atoms with E-state index in [2.05, 4.69) is 15.9 Å². The Kier molecular flexibility index (Phi) is 3.02. The van der Waals surface area contributed by atoms with Gasteiger partial charge in [0.1, 0.15) is 5.82 Å². The van der Waals surface area contributed by atoms with Gasteiger partial charge in [0.15, 0.2) is 0 Å². The van der Waals surface area contributed by atoms with Crippen LogP contribution in [0.2, 0.25) is 0 Å². The van der Waals surface area contributed by atoms with E-state index in [9.17, 15) is 9.18 Å². The number of carbonyl (C=O) groups excluding carboxylic acids is 1. The van der Waals surface area contributed by atoms with Gasteiger partial charge < -0.3 is 4.74 Å². The molecule has 2 rings (SSSR count). The first-order chi connectivity index (χ1) is 7.60. The van der Waals surface area contributed by atoms with Crippen LogP contribution in [0.25, 0.3) is 0 Å². The number of rotatable bonds is 2. The highest BCUT2D eigenvalue weighted by atomic mass is 79.9. The van der Waals surface area contributed by atoms with Crippen molar-refractivity contribution >= 4 is 21.9 Å². The molecule has 0 heterocycles. The molecule has 0 aliphatic heterocycles. The first-order valence-corrected chi connectivity index (χ1v) is 5.93. The number of benzene rings is 1. The predicted octanol–water partition coefficient (Wildman–Crippen LogP) is 3.18. The van der Waals surface area contributed by atoms with Gasteiger partial charge in [-0.05, 0) is 31.0 Å². The highest BCUT2D eigenvalue weighted by molar-refractivity contribution is 9.10. The molecule has 1 aliphatic rings. The average molecular weight is 287 g/mol. The van der Waals surface area contributed by atoms with E-state index >= 15 is 0 Å². The number of esters is 1.